The molecule has 2 heterocycles. The minimum Gasteiger partial charge on any atom is -0.476 e. The van der Waals surface area contributed by atoms with Gasteiger partial charge in [0, 0.05) is 38.9 Å². The van der Waals surface area contributed by atoms with E-state index >= 15 is 0 Å². The molecule has 1 aromatic heterocycles. The molecule has 0 bridgehead atoms. The predicted molar refractivity (Wildman–Crippen MR) is 70.0 cm³/mol. The van der Waals surface area contributed by atoms with Gasteiger partial charge in [0.2, 0.25) is 0 Å². The molecule has 0 amide bonds. The van der Waals surface area contributed by atoms with Gasteiger partial charge in [0.05, 0.1) is 4.47 Å². The fourth-order valence-corrected chi connectivity index (χ4v) is 2.51. The second kappa shape index (κ2) is 5.94. The third-order valence-electron chi connectivity index (χ3n) is 3.08. The Hall–Kier alpha value is -1.05. The van der Waals surface area contributed by atoms with Crippen LogP contribution in [0.4, 0.5) is 0 Å². The lowest BCUT2D eigenvalue weighted by Gasteiger charge is -2.35. The van der Waals surface area contributed by atoms with Crippen LogP contribution in [0.25, 0.3) is 0 Å². The Labute approximate surface area is 119 Å². The minimum absolute atomic E-state index is 0.0458. The van der Waals surface area contributed by atoms with Gasteiger partial charge in [-0.05, 0) is 22.9 Å². The molecule has 0 aromatic carbocycles. The maximum atomic E-state index is 11.1. The van der Waals surface area contributed by atoms with E-state index < -0.39 is 11.6 Å². The highest BCUT2D eigenvalue weighted by Gasteiger charge is 2.38. The Balaban J connectivity index is 2.41. The van der Waals surface area contributed by atoms with Gasteiger partial charge in [0.1, 0.15) is 5.60 Å². The maximum absolute atomic E-state index is 11.1. The molecule has 1 aromatic rings. The number of carbonyl (C=O) groups is 1. The van der Waals surface area contributed by atoms with Crippen molar-refractivity contribution >= 4 is 21.9 Å². The van der Waals surface area contributed by atoms with E-state index in [-0.39, 0.29) is 5.69 Å². The van der Waals surface area contributed by atoms with Crippen molar-refractivity contribution in [2.24, 2.45) is 0 Å². The number of carboxylic acids is 1. The van der Waals surface area contributed by atoms with Crippen molar-refractivity contribution in [1.29, 1.82) is 0 Å². The van der Waals surface area contributed by atoms with E-state index in [1.165, 1.54) is 6.20 Å². The first kappa shape index (κ1) is 14.4. The summed E-state index contributed by atoms with van der Waals surface area (Å²) in [6.45, 7) is 3.53. The van der Waals surface area contributed by atoms with E-state index in [0.29, 0.717) is 43.0 Å². The van der Waals surface area contributed by atoms with Crippen LogP contribution in [0.15, 0.2) is 10.7 Å². The molecule has 1 N–H and O–H groups in total. The summed E-state index contributed by atoms with van der Waals surface area (Å²) in [5.74, 6) is -0.674. The summed E-state index contributed by atoms with van der Waals surface area (Å²) in [6.07, 6.45) is 2.71. The van der Waals surface area contributed by atoms with Crippen molar-refractivity contribution in [1.82, 2.24) is 9.97 Å². The molecular weight excluding hydrogens is 316 g/mol. The van der Waals surface area contributed by atoms with E-state index in [9.17, 15) is 4.79 Å². The first-order valence-electron chi connectivity index (χ1n) is 6.07. The molecule has 1 fully saturated rings. The summed E-state index contributed by atoms with van der Waals surface area (Å²) in [5, 5.41) is 9.12. The largest absolute Gasteiger partial charge is 0.476 e. The second-order valence-corrected chi connectivity index (χ2v) is 5.09. The minimum atomic E-state index is -1.09. The van der Waals surface area contributed by atoms with Crippen molar-refractivity contribution in [3.63, 3.8) is 0 Å². The third kappa shape index (κ3) is 2.93. The third-order valence-corrected chi connectivity index (χ3v) is 3.66. The summed E-state index contributed by atoms with van der Waals surface area (Å²) >= 11 is 3.14. The van der Waals surface area contributed by atoms with Gasteiger partial charge < -0.3 is 14.6 Å². The van der Waals surface area contributed by atoms with Gasteiger partial charge in [-0.1, -0.05) is 0 Å². The van der Waals surface area contributed by atoms with Crippen LogP contribution in [0.1, 0.15) is 36.1 Å². The topological polar surface area (TPSA) is 81.5 Å². The first-order chi connectivity index (χ1) is 9.09. The van der Waals surface area contributed by atoms with Gasteiger partial charge in [0.15, 0.2) is 11.5 Å². The fraction of sp³-hybridized carbons (Fsp3) is 0.583. The molecule has 1 aliphatic rings. The zero-order chi connectivity index (χ0) is 13.9. The number of aromatic nitrogens is 2. The molecule has 0 spiro atoms. The Kier molecular flexibility index (Phi) is 4.49. The fourth-order valence-electron chi connectivity index (χ4n) is 2.15. The van der Waals surface area contributed by atoms with E-state index in [0.717, 1.165) is 0 Å². The summed E-state index contributed by atoms with van der Waals surface area (Å²) in [7, 11) is 0. The number of rotatable bonds is 4. The number of ether oxygens (including phenoxy) is 2. The van der Waals surface area contributed by atoms with E-state index in [2.05, 4.69) is 25.9 Å². The van der Waals surface area contributed by atoms with Crippen LogP contribution in [-0.4, -0.2) is 40.9 Å². The van der Waals surface area contributed by atoms with Crippen molar-refractivity contribution in [3.8, 4) is 0 Å². The molecule has 0 unspecified atom stereocenters. The highest BCUT2D eigenvalue weighted by molar-refractivity contribution is 9.10. The van der Waals surface area contributed by atoms with Crippen LogP contribution < -0.4 is 0 Å². The highest BCUT2D eigenvalue weighted by atomic mass is 79.9. The van der Waals surface area contributed by atoms with E-state index in [4.69, 9.17) is 14.6 Å². The molecule has 0 atom stereocenters. The number of carboxylic acid groups (broad SMARTS) is 1. The van der Waals surface area contributed by atoms with Crippen LogP contribution in [0.3, 0.4) is 0 Å². The lowest BCUT2D eigenvalue weighted by atomic mass is 9.93. The Morgan fingerprint density at radius 2 is 2.26 bits per heavy atom. The molecule has 1 saturated heterocycles. The van der Waals surface area contributed by atoms with Crippen LogP contribution in [0.2, 0.25) is 0 Å². The second-order valence-electron chi connectivity index (χ2n) is 4.23. The monoisotopic (exact) mass is 330 g/mol. The van der Waals surface area contributed by atoms with Crippen LogP contribution in [0.5, 0.6) is 0 Å². The number of hydrogen-bond donors (Lipinski definition) is 1. The summed E-state index contributed by atoms with van der Waals surface area (Å²) in [6, 6.07) is 0. The summed E-state index contributed by atoms with van der Waals surface area (Å²) in [5.41, 5.74) is -0.687. The number of aromatic carboxylic acids is 1. The molecular formula is C12H15BrN2O4. The van der Waals surface area contributed by atoms with Crippen molar-refractivity contribution < 1.29 is 19.4 Å². The van der Waals surface area contributed by atoms with E-state index in [1.807, 2.05) is 6.92 Å². The molecule has 2 rings (SSSR count). The lowest BCUT2D eigenvalue weighted by Crippen LogP contribution is -2.38. The molecule has 104 valence electrons. The lowest BCUT2D eigenvalue weighted by molar-refractivity contribution is -0.117. The Bertz CT molecular complexity index is 469. The zero-order valence-electron chi connectivity index (χ0n) is 10.6. The van der Waals surface area contributed by atoms with Gasteiger partial charge in [-0.25, -0.2) is 14.8 Å². The highest BCUT2D eigenvalue weighted by Crippen LogP contribution is 2.34. The maximum Gasteiger partial charge on any atom is 0.355 e. The van der Waals surface area contributed by atoms with Gasteiger partial charge in [-0.3, -0.25) is 0 Å². The molecule has 0 radical (unpaired) electrons. The molecule has 6 nitrogen and oxygen atoms in total. The van der Waals surface area contributed by atoms with Crippen LogP contribution in [-0.2, 0) is 15.1 Å². The summed E-state index contributed by atoms with van der Waals surface area (Å²) in [4.78, 5) is 19.5. The predicted octanol–water partition coefficient (Wildman–Crippen LogP) is 1.98. The van der Waals surface area contributed by atoms with Crippen molar-refractivity contribution in [3.05, 3.63) is 22.2 Å². The molecule has 1 aliphatic heterocycles. The summed E-state index contributed by atoms with van der Waals surface area (Å²) < 4.78 is 11.5. The van der Waals surface area contributed by atoms with Gasteiger partial charge in [0.25, 0.3) is 0 Å². The molecule has 0 saturated carbocycles. The standard InChI is InChI=1S/C12H15BrN2O4/c1-2-19-12(3-5-18-6-4-12)11-14-7-8(13)9(15-11)10(16)17/h7H,2-6H2,1H3,(H,16,17). The van der Waals surface area contributed by atoms with Crippen molar-refractivity contribution in [2.75, 3.05) is 19.8 Å². The number of hydrogen-bond acceptors (Lipinski definition) is 5. The van der Waals surface area contributed by atoms with Crippen LogP contribution in [0, 0.1) is 0 Å². The molecule has 0 aliphatic carbocycles. The quantitative estimate of drug-likeness (QED) is 0.909. The SMILES string of the molecule is CCOC1(c2ncc(Br)c(C(=O)O)n2)CCOCC1. The first-order valence-corrected chi connectivity index (χ1v) is 6.86. The Morgan fingerprint density at radius 1 is 1.58 bits per heavy atom. The average Bonchev–Trinajstić information content (AvgIpc) is 2.40. The molecule has 19 heavy (non-hydrogen) atoms. The number of halogens is 1. The van der Waals surface area contributed by atoms with Crippen LogP contribution >= 0.6 is 15.9 Å². The normalized spacial score (nSPS) is 18.2. The van der Waals surface area contributed by atoms with Gasteiger partial charge in [-0.2, -0.15) is 0 Å². The van der Waals surface area contributed by atoms with E-state index in [1.54, 1.807) is 0 Å². The zero-order valence-corrected chi connectivity index (χ0v) is 12.1. The average molecular weight is 331 g/mol. The van der Waals surface area contributed by atoms with Crippen molar-refractivity contribution in [2.45, 2.75) is 25.4 Å². The Morgan fingerprint density at radius 3 is 2.84 bits per heavy atom. The smallest absolute Gasteiger partial charge is 0.355 e. The molecule has 7 heteroatoms. The van der Waals surface area contributed by atoms with Gasteiger partial charge in [-0.15, -0.1) is 0 Å². The van der Waals surface area contributed by atoms with Gasteiger partial charge >= 0.3 is 5.97 Å². The number of nitrogens with zero attached hydrogens (tertiary/aromatic N) is 2.